The van der Waals surface area contributed by atoms with Gasteiger partial charge in [-0.05, 0) is 25.3 Å². The number of alkyl halides is 3. The largest absolute Gasteiger partial charge is 0.490 e. The standard InChI is InChI=1S/C14H22N4O3S.C2HF3O2/c1-2-22(19,20)18-7-4-12-11(9-18)10-21-13(12)8-17-14-15-5-3-6-16-14;3-2(4,5)1(6)7/h3,5-6,11-13H,2,4,7-10H2,1H3,(H,15,16,17);(H,6,7)/t11-,12-,13+;/m1./s1. The van der Waals surface area contributed by atoms with Gasteiger partial charge in [-0.15, -0.1) is 0 Å². The molecule has 3 atom stereocenters. The monoisotopic (exact) mass is 440 g/mol. The normalized spacial score (nSPS) is 24.9. The van der Waals surface area contributed by atoms with Crippen molar-refractivity contribution in [3.63, 3.8) is 0 Å². The minimum absolute atomic E-state index is 0.0975. The average Bonchev–Trinajstić information content (AvgIpc) is 3.09. The first kappa shape index (κ1) is 23.3. The number of anilines is 1. The number of hydrogen-bond donors (Lipinski definition) is 2. The summed E-state index contributed by atoms with van der Waals surface area (Å²) in [6.45, 7) is 4.16. The molecule has 2 fully saturated rings. The zero-order valence-electron chi connectivity index (χ0n) is 15.7. The summed E-state index contributed by atoms with van der Waals surface area (Å²) in [5.74, 6) is -1.30. The number of aliphatic carboxylic acids is 1. The lowest BCUT2D eigenvalue weighted by atomic mass is 9.85. The summed E-state index contributed by atoms with van der Waals surface area (Å²) >= 11 is 0. The van der Waals surface area contributed by atoms with Gasteiger partial charge in [0.2, 0.25) is 16.0 Å². The Kier molecular flexibility index (Phi) is 7.77. The number of halogens is 3. The van der Waals surface area contributed by atoms with Gasteiger partial charge >= 0.3 is 12.1 Å². The number of carboxylic acid groups (broad SMARTS) is 1. The Bertz CT molecular complexity index is 779. The van der Waals surface area contributed by atoms with E-state index in [1.165, 1.54) is 0 Å². The highest BCUT2D eigenvalue weighted by Crippen LogP contribution is 2.35. The lowest BCUT2D eigenvalue weighted by Crippen LogP contribution is -2.45. The lowest BCUT2D eigenvalue weighted by Gasteiger charge is -2.34. The molecule has 13 heteroatoms. The Labute approximate surface area is 166 Å². The Morgan fingerprint density at radius 2 is 2.00 bits per heavy atom. The topological polar surface area (TPSA) is 122 Å². The maximum absolute atomic E-state index is 12.0. The number of sulfonamides is 1. The molecule has 0 aromatic carbocycles. The highest BCUT2D eigenvalue weighted by molar-refractivity contribution is 7.89. The summed E-state index contributed by atoms with van der Waals surface area (Å²) in [6.07, 6.45) is -0.740. The van der Waals surface area contributed by atoms with E-state index in [0.717, 1.165) is 6.42 Å². The van der Waals surface area contributed by atoms with Crippen LogP contribution in [0, 0.1) is 11.8 Å². The van der Waals surface area contributed by atoms with Gasteiger partial charge in [0.1, 0.15) is 0 Å². The number of fused-ring (bicyclic) bond motifs is 1. The number of nitrogens with zero attached hydrogens (tertiary/aromatic N) is 3. The summed E-state index contributed by atoms with van der Waals surface area (Å²) in [7, 11) is -3.09. The van der Waals surface area contributed by atoms with Gasteiger partial charge in [0.25, 0.3) is 0 Å². The maximum Gasteiger partial charge on any atom is 0.490 e. The second-order valence-corrected chi connectivity index (χ2v) is 8.86. The van der Waals surface area contributed by atoms with E-state index in [1.807, 2.05) is 0 Å². The van der Waals surface area contributed by atoms with Crippen LogP contribution >= 0.6 is 0 Å². The van der Waals surface area contributed by atoms with E-state index in [4.69, 9.17) is 14.6 Å². The summed E-state index contributed by atoms with van der Waals surface area (Å²) in [6, 6.07) is 1.77. The number of carbonyl (C=O) groups is 1. The second kappa shape index (κ2) is 9.67. The number of ether oxygens (including phenoxy) is 1. The molecule has 0 spiro atoms. The molecule has 1 aromatic heterocycles. The van der Waals surface area contributed by atoms with Crippen LogP contribution in [-0.4, -0.2) is 78.0 Å². The van der Waals surface area contributed by atoms with E-state index in [0.29, 0.717) is 44.0 Å². The van der Waals surface area contributed by atoms with Crippen LogP contribution in [0.25, 0.3) is 0 Å². The van der Waals surface area contributed by atoms with E-state index in [1.54, 1.807) is 29.7 Å². The third kappa shape index (κ3) is 6.51. The van der Waals surface area contributed by atoms with Crippen molar-refractivity contribution >= 4 is 21.9 Å². The van der Waals surface area contributed by atoms with Crippen LogP contribution in [0.5, 0.6) is 0 Å². The van der Waals surface area contributed by atoms with Crippen molar-refractivity contribution < 1.29 is 36.2 Å². The molecule has 2 aliphatic rings. The SMILES string of the molecule is CCS(=O)(=O)N1CC[C@@H]2[C@@H](CO[C@H]2CNc2ncccn2)C1.O=C(O)C(F)(F)F. The maximum atomic E-state index is 12.0. The van der Waals surface area contributed by atoms with Crippen LogP contribution in [0.15, 0.2) is 18.5 Å². The molecule has 1 aromatic rings. The fraction of sp³-hybridized carbons (Fsp3) is 0.688. The summed E-state index contributed by atoms with van der Waals surface area (Å²) < 4.78 is 63.2. The Morgan fingerprint density at radius 1 is 1.38 bits per heavy atom. The molecule has 0 aliphatic carbocycles. The van der Waals surface area contributed by atoms with Crippen molar-refractivity contribution in [2.45, 2.75) is 25.6 Å². The number of hydrogen-bond acceptors (Lipinski definition) is 7. The van der Waals surface area contributed by atoms with Crippen molar-refractivity contribution in [1.82, 2.24) is 14.3 Å². The third-order valence-corrected chi connectivity index (χ3v) is 6.63. The zero-order valence-corrected chi connectivity index (χ0v) is 16.5. The average molecular weight is 440 g/mol. The molecular formula is C16H23F3N4O5S. The van der Waals surface area contributed by atoms with Crippen LogP contribution in [0.1, 0.15) is 13.3 Å². The van der Waals surface area contributed by atoms with Crippen molar-refractivity contribution in [3.8, 4) is 0 Å². The molecule has 29 heavy (non-hydrogen) atoms. The van der Waals surface area contributed by atoms with Crippen LogP contribution in [0.3, 0.4) is 0 Å². The zero-order chi connectivity index (χ0) is 21.7. The van der Waals surface area contributed by atoms with Gasteiger partial charge < -0.3 is 15.2 Å². The molecule has 164 valence electrons. The van der Waals surface area contributed by atoms with E-state index < -0.39 is 22.2 Å². The fourth-order valence-corrected chi connectivity index (χ4v) is 4.45. The Hall–Kier alpha value is -1.99. The summed E-state index contributed by atoms with van der Waals surface area (Å²) in [5, 5.41) is 10.3. The van der Waals surface area contributed by atoms with Gasteiger partial charge in [-0.2, -0.15) is 13.2 Å². The van der Waals surface area contributed by atoms with E-state index in [-0.39, 0.29) is 11.9 Å². The molecule has 2 N–H and O–H groups in total. The number of carboxylic acids is 1. The van der Waals surface area contributed by atoms with Crippen molar-refractivity contribution in [1.29, 1.82) is 0 Å². The highest BCUT2D eigenvalue weighted by Gasteiger charge is 2.43. The number of piperidine rings is 1. The number of rotatable bonds is 5. The van der Waals surface area contributed by atoms with Crippen LogP contribution in [0.4, 0.5) is 19.1 Å². The minimum Gasteiger partial charge on any atom is -0.475 e. The quantitative estimate of drug-likeness (QED) is 0.701. The first-order valence-corrected chi connectivity index (χ1v) is 10.6. The van der Waals surface area contributed by atoms with Crippen LogP contribution < -0.4 is 5.32 Å². The fourth-order valence-electron chi connectivity index (χ4n) is 3.28. The van der Waals surface area contributed by atoms with Gasteiger partial charge in [0.15, 0.2) is 0 Å². The lowest BCUT2D eigenvalue weighted by molar-refractivity contribution is -0.192. The molecule has 3 rings (SSSR count). The summed E-state index contributed by atoms with van der Waals surface area (Å²) in [5.41, 5.74) is 0. The number of aromatic nitrogens is 2. The number of nitrogens with one attached hydrogen (secondary N) is 1. The second-order valence-electron chi connectivity index (χ2n) is 6.60. The van der Waals surface area contributed by atoms with Crippen molar-refractivity contribution in [3.05, 3.63) is 18.5 Å². The minimum atomic E-state index is -5.08. The Morgan fingerprint density at radius 3 is 2.55 bits per heavy atom. The molecule has 2 aliphatic heterocycles. The van der Waals surface area contributed by atoms with Gasteiger partial charge in [-0.25, -0.2) is 27.5 Å². The molecule has 0 saturated carbocycles. The molecule has 0 bridgehead atoms. The third-order valence-electron chi connectivity index (χ3n) is 4.79. The van der Waals surface area contributed by atoms with Crippen molar-refractivity contribution in [2.24, 2.45) is 11.8 Å². The van der Waals surface area contributed by atoms with E-state index >= 15 is 0 Å². The Balaban J connectivity index is 0.000000370. The molecule has 0 radical (unpaired) electrons. The molecule has 2 saturated heterocycles. The predicted octanol–water partition coefficient (Wildman–Crippen LogP) is 1.21. The molecule has 3 heterocycles. The van der Waals surface area contributed by atoms with Crippen LogP contribution in [0.2, 0.25) is 0 Å². The van der Waals surface area contributed by atoms with Gasteiger partial charge in [-0.3, -0.25) is 0 Å². The molecular weight excluding hydrogens is 417 g/mol. The highest BCUT2D eigenvalue weighted by atomic mass is 32.2. The molecule has 0 amide bonds. The first-order valence-electron chi connectivity index (χ1n) is 8.95. The molecule has 9 nitrogen and oxygen atoms in total. The summed E-state index contributed by atoms with van der Waals surface area (Å²) in [4.78, 5) is 17.2. The first-order chi connectivity index (χ1) is 13.5. The van der Waals surface area contributed by atoms with Gasteiger partial charge in [-0.1, -0.05) is 0 Å². The van der Waals surface area contributed by atoms with Gasteiger partial charge in [0.05, 0.1) is 18.5 Å². The van der Waals surface area contributed by atoms with Crippen molar-refractivity contribution in [2.75, 3.05) is 37.3 Å². The van der Waals surface area contributed by atoms with Crippen LogP contribution in [-0.2, 0) is 19.6 Å². The predicted molar refractivity (Wildman–Crippen MR) is 96.6 cm³/mol. The van der Waals surface area contributed by atoms with Gasteiger partial charge in [0, 0.05) is 37.9 Å². The van der Waals surface area contributed by atoms with E-state index in [9.17, 15) is 21.6 Å². The smallest absolute Gasteiger partial charge is 0.475 e. The van der Waals surface area contributed by atoms with E-state index in [2.05, 4.69) is 15.3 Å². The molecule has 0 unspecified atom stereocenters.